The fourth-order valence-electron chi connectivity index (χ4n) is 2.05. The molecule has 0 aliphatic heterocycles. The molecule has 1 aromatic heterocycles. The van der Waals surface area contributed by atoms with E-state index in [0.29, 0.717) is 6.61 Å². The lowest BCUT2D eigenvalue weighted by Crippen LogP contribution is -2.11. The first-order valence-corrected chi connectivity index (χ1v) is 6.40. The fourth-order valence-corrected chi connectivity index (χ4v) is 2.39. The monoisotopic (exact) mass is 238 g/mol. The lowest BCUT2D eigenvalue weighted by atomic mass is 9.97. The molecule has 4 heteroatoms. The van der Waals surface area contributed by atoms with Gasteiger partial charge in [-0.05, 0) is 32.1 Å². The molecule has 0 unspecified atom stereocenters. The van der Waals surface area contributed by atoms with Gasteiger partial charge >= 0.3 is 0 Å². The molecule has 1 N–H and O–H groups in total. The first-order valence-electron chi connectivity index (χ1n) is 6.00. The molecule has 1 aliphatic rings. The highest BCUT2D eigenvalue weighted by atomic mass is 32.1. The number of hydrogen-bond donors (Lipinski definition) is 1. The minimum Gasteiger partial charge on any atom is -0.374 e. The number of aromatic amines is 1. The summed E-state index contributed by atoms with van der Waals surface area (Å²) in [5.74, 6) is 0.874. The van der Waals surface area contributed by atoms with Gasteiger partial charge < -0.3 is 9.72 Å². The van der Waals surface area contributed by atoms with Crippen molar-refractivity contribution in [3.63, 3.8) is 0 Å². The molecule has 0 bridgehead atoms. The first-order chi connectivity index (χ1) is 7.81. The van der Waals surface area contributed by atoms with Gasteiger partial charge in [0.05, 0.1) is 0 Å². The van der Waals surface area contributed by atoms with Crippen LogP contribution in [0.5, 0.6) is 0 Å². The number of hydrogen-bond acceptors (Lipinski definition) is 3. The van der Waals surface area contributed by atoms with Crippen molar-refractivity contribution in [3.05, 3.63) is 21.7 Å². The molecule has 88 valence electrons. The molecule has 0 spiro atoms. The number of nitrogens with one attached hydrogen (secondary N) is 1. The van der Waals surface area contributed by atoms with Gasteiger partial charge in [0, 0.05) is 17.9 Å². The lowest BCUT2D eigenvalue weighted by molar-refractivity contribution is 0.115. The summed E-state index contributed by atoms with van der Waals surface area (Å²) in [6, 6.07) is 0. The molecule has 0 atom stereocenters. The molecule has 0 aromatic carbocycles. The van der Waals surface area contributed by atoms with E-state index in [1.54, 1.807) is 0 Å². The molecule has 0 fully saturated rings. The number of H-pyrrole nitrogens is 1. The average molecular weight is 238 g/mol. The highest BCUT2D eigenvalue weighted by Gasteiger charge is 2.12. The van der Waals surface area contributed by atoms with Gasteiger partial charge in [0.25, 0.3) is 0 Å². The van der Waals surface area contributed by atoms with Crippen molar-refractivity contribution >= 4 is 12.2 Å². The van der Waals surface area contributed by atoms with Gasteiger partial charge in [0.15, 0.2) is 0 Å². The summed E-state index contributed by atoms with van der Waals surface area (Å²) in [4.78, 5) is 7.75. The van der Waals surface area contributed by atoms with Crippen LogP contribution in [0.25, 0.3) is 0 Å². The number of nitrogens with zero attached hydrogens (tertiary/aromatic N) is 1. The van der Waals surface area contributed by atoms with Crippen LogP contribution in [0.15, 0.2) is 0 Å². The topological polar surface area (TPSA) is 37.9 Å². The predicted octanol–water partition coefficient (Wildman–Crippen LogP) is 2.94. The van der Waals surface area contributed by atoms with Crippen LogP contribution in [0.4, 0.5) is 0 Å². The van der Waals surface area contributed by atoms with Gasteiger partial charge in [-0.1, -0.05) is 19.1 Å². The van der Waals surface area contributed by atoms with E-state index in [-0.39, 0.29) is 0 Å². The van der Waals surface area contributed by atoms with Crippen LogP contribution in [-0.2, 0) is 24.2 Å². The Balaban J connectivity index is 2.15. The number of rotatable bonds is 4. The van der Waals surface area contributed by atoms with Crippen molar-refractivity contribution < 1.29 is 4.74 Å². The quantitative estimate of drug-likeness (QED) is 0.647. The third-order valence-electron chi connectivity index (χ3n) is 2.84. The van der Waals surface area contributed by atoms with Crippen LogP contribution in [0.3, 0.4) is 0 Å². The zero-order chi connectivity index (χ0) is 11.4. The number of fused-ring (bicyclic) bond motifs is 1. The van der Waals surface area contributed by atoms with Crippen LogP contribution in [0.2, 0.25) is 0 Å². The minimum absolute atomic E-state index is 0.546. The van der Waals surface area contributed by atoms with E-state index in [9.17, 15) is 0 Å². The molecule has 0 saturated carbocycles. The minimum atomic E-state index is 0.546. The molecule has 1 aliphatic carbocycles. The second-order valence-electron chi connectivity index (χ2n) is 4.21. The summed E-state index contributed by atoms with van der Waals surface area (Å²) >= 11 is 5.32. The van der Waals surface area contributed by atoms with Crippen molar-refractivity contribution in [3.8, 4) is 0 Å². The van der Waals surface area contributed by atoms with Gasteiger partial charge in [0.1, 0.15) is 17.1 Å². The van der Waals surface area contributed by atoms with Gasteiger partial charge in [-0.15, -0.1) is 0 Å². The normalized spacial score (nSPS) is 14.8. The third kappa shape index (κ3) is 2.68. The molecular formula is C12H18N2OS. The highest BCUT2D eigenvalue weighted by Crippen LogP contribution is 2.19. The zero-order valence-electron chi connectivity index (χ0n) is 9.71. The molecule has 0 saturated heterocycles. The van der Waals surface area contributed by atoms with Crippen LogP contribution >= 0.6 is 12.2 Å². The van der Waals surface area contributed by atoms with E-state index in [1.165, 1.54) is 24.1 Å². The van der Waals surface area contributed by atoms with Crippen LogP contribution in [-0.4, -0.2) is 16.6 Å². The Morgan fingerprint density at radius 2 is 2.19 bits per heavy atom. The second kappa shape index (κ2) is 5.55. The van der Waals surface area contributed by atoms with E-state index < -0.39 is 0 Å². The van der Waals surface area contributed by atoms with E-state index >= 15 is 0 Å². The van der Waals surface area contributed by atoms with Crippen molar-refractivity contribution in [1.82, 2.24) is 9.97 Å². The summed E-state index contributed by atoms with van der Waals surface area (Å²) in [6.45, 7) is 3.42. The summed E-state index contributed by atoms with van der Waals surface area (Å²) < 4.78 is 6.24. The van der Waals surface area contributed by atoms with Crippen LogP contribution in [0.1, 0.15) is 43.3 Å². The van der Waals surface area contributed by atoms with Crippen molar-refractivity contribution in [1.29, 1.82) is 0 Å². The van der Waals surface area contributed by atoms with Crippen molar-refractivity contribution in [2.75, 3.05) is 6.61 Å². The molecular weight excluding hydrogens is 220 g/mol. The van der Waals surface area contributed by atoms with Gasteiger partial charge in [0.2, 0.25) is 0 Å². The van der Waals surface area contributed by atoms with E-state index in [2.05, 4.69) is 16.9 Å². The Bertz CT molecular complexity index is 414. The number of aromatic nitrogens is 2. The maximum Gasteiger partial charge on any atom is 0.134 e. The number of aryl methyl sites for hydroxylation is 1. The Kier molecular flexibility index (Phi) is 4.07. The zero-order valence-corrected chi connectivity index (χ0v) is 10.5. The molecule has 1 heterocycles. The fraction of sp³-hybridized carbons (Fsp3) is 0.667. The highest BCUT2D eigenvalue weighted by molar-refractivity contribution is 7.71. The van der Waals surface area contributed by atoms with E-state index in [0.717, 1.165) is 36.3 Å². The van der Waals surface area contributed by atoms with Crippen molar-refractivity contribution in [2.45, 2.75) is 45.6 Å². The molecule has 1 aromatic rings. The standard InChI is InChI=1S/C12H18N2OS/c1-2-7-15-8-11-13-10-6-4-3-5-9(10)12(16)14-11/h2-8H2,1H3,(H,13,14,16). The molecule has 3 nitrogen and oxygen atoms in total. The first kappa shape index (κ1) is 11.7. The molecule has 2 rings (SSSR count). The molecule has 16 heavy (non-hydrogen) atoms. The maximum atomic E-state index is 5.47. The summed E-state index contributed by atoms with van der Waals surface area (Å²) in [7, 11) is 0. The lowest BCUT2D eigenvalue weighted by Gasteiger charge is -2.16. The van der Waals surface area contributed by atoms with Crippen LogP contribution < -0.4 is 0 Å². The maximum absolute atomic E-state index is 5.47. The Morgan fingerprint density at radius 3 is 3.00 bits per heavy atom. The average Bonchev–Trinajstić information content (AvgIpc) is 2.30. The van der Waals surface area contributed by atoms with Crippen LogP contribution in [0, 0.1) is 4.64 Å². The Labute approximate surface area is 101 Å². The Hall–Kier alpha value is -0.740. The summed E-state index contributed by atoms with van der Waals surface area (Å²) in [5.41, 5.74) is 2.53. The van der Waals surface area contributed by atoms with Gasteiger partial charge in [-0.25, -0.2) is 4.98 Å². The van der Waals surface area contributed by atoms with Gasteiger partial charge in [-0.3, -0.25) is 0 Å². The molecule has 0 radical (unpaired) electrons. The predicted molar refractivity (Wildman–Crippen MR) is 66.0 cm³/mol. The van der Waals surface area contributed by atoms with Gasteiger partial charge in [-0.2, -0.15) is 0 Å². The second-order valence-corrected chi connectivity index (χ2v) is 4.59. The number of ether oxygens (including phenoxy) is 1. The van der Waals surface area contributed by atoms with E-state index in [1.807, 2.05) is 0 Å². The largest absolute Gasteiger partial charge is 0.374 e. The van der Waals surface area contributed by atoms with Crippen molar-refractivity contribution in [2.24, 2.45) is 0 Å². The third-order valence-corrected chi connectivity index (χ3v) is 3.18. The van der Waals surface area contributed by atoms with E-state index in [4.69, 9.17) is 17.0 Å². The summed E-state index contributed by atoms with van der Waals surface area (Å²) in [5, 5.41) is 0. The molecule has 0 amide bonds. The Morgan fingerprint density at radius 1 is 1.38 bits per heavy atom. The SMILES string of the molecule is CCCOCc1nc(=S)c2c([nH]1)CCCC2. The summed E-state index contributed by atoms with van der Waals surface area (Å²) in [6.07, 6.45) is 5.69. The smallest absolute Gasteiger partial charge is 0.134 e.